The fourth-order valence-corrected chi connectivity index (χ4v) is 2.47. The quantitative estimate of drug-likeness (QED) is 0.774. The molecule has 1 aromatic carbocycles. The van der Waals surface area contributed by atoms with Crippen LogP contribution in [0.1, 0.15) is 12.0 Å². The van der Waals surface area contributed by atoms with E-state index in [0.29, 0.717) is 26.2 Å². The number of nitrogens with zero attached hydrogens (tertiary/aromatic N) is 2. The van der Waals surface area contributed by atoms with Crippen LogP contribution >= 0.6 is 0 Å². The van der Waals surface area contributed by atoms with Crippen LogP contribution in [0.2, 0.25) is 0 Å². The van der Waals surface area contributed by atoms with E-state index in [4.69, 9.17) is 4.74 Å². The number of likely N-dealkylation sites (tertiary alicyclic amines) is 1. The second-order valence-electron chi connectivity index (χ2n) is 5.93. The molecule has 1 aliphatic heterocycles. The minimum Gasteiger partial charge on any atom is -0.494 e. The summed E-state index contributed by atoms with van der Waals surface area (Å²) in [5, 5.41) is 9.41. The first-order chi connectivity index (χ1) is 10.0. The van der Waals surface area contributed by atoms with Crippen molar-refractivity contribution in [1.82, 2.24) is 9.80 Å². The second kappa shape index (κ2) is 7.73. The Bertz CT molecular complexity index is 415. The van der Waals surface area contributed by atoms with E-state index in [1.54, 1.807) is 0 Å². The van der Waals surface area contributed by atoms with Crippen LogP contribution in [0.4, 0.5) is 4.39 Å². The minimum absolute atomic E-state index is 0.309. The van der Waals surface area contributed by atoms with Gasteiger partial charge in [-0.05, 0) is 38.2 Å². The normalized spacial score (nSPS) is 22.9. The van der Waals surface area contributed by atoms with Crippen LogP contribution in [0.5, 0.6) is 5.75 Å². The third-order valence-corrected chi connectivity index (χ3v) is 3.64. The lowest BCUT2D eigenvalue weighted by molar-refractivity contribution is 0.115. The van der Waals surface area contributed by atoms with Gasteiger partial charge in [0.25, 0.3) is 0 Å². The van der Waals surface area contributed by atoms with Gasteiger partial charge in [-0.15, -0.1) is 0 Å². The summed E-state index contributed by atoms with van der Waals surface area (Å²) in [5.41, 5.74) is 1.11. The van der Waals surface area contributed by atoms with Gasteiger partial charge in [0, 0.05) is 26.2 Å². The van der Waals surface area contributed by atoms with Gasteiger partial charge in [-0.3, -0.25) is 4.90 Å². The number of ether oxygens (including phenoxy) is 1. The first kappa shape index (κ1) is 16.2. The fraction of sp³-hybridized carbons (Fsp3) is 0.625. The standard InChI is InChI=1S/C16H25FN2O2/c1-18(2)8-3-9-21-14-6-4-13(5-7-14)10-19-11-15(17)16(20)12-19/h4-7,15-16,20H,3,8-12H2,1-2H3/t15-,16-/m1/s1. The van der Waals surface area contributed by atoms with Gasteiger partial charge in [0.15, 0.2) is 0 Å². The van der Waals surface area contributed by atoms with Gasteiger partial charge in [0.2, 0.25) is 0 Å². The third kappa shape index (κ3) is 5.26. The predicted molar refractivity (Wildman–Crippen MR) is 81.3 cm³/mol. The van der Waals surface area contributed by atoms with Crippen molar-refractivity contribution < 1.29 is 14.2 Å². The van der Waals surface area contributed by atoms with Gasteiger partial charge in [-0.25, -0.2) is 4.39 Å². The van der Waals surface area contributed by atoms with E-state index in [1.807, 2.05) is 43.3 Å². The van der Waals surface area contributed by atoms with E-state index >= 15 is 0 Å². The number of aliphatic hydroxyl groups is 1. The van der Waals surface area contributed by atoms with Crippen LogP contribution in [-0.4, -0.2) is 67.5 Å². The Labute approximate surface area is 126 Å². The fourth-order valence-electron chi connectivity index (χ4n) is 2.47. The molecule has 1 heterocycles. The third-order valence-electron chi connectivity index (χ3n) is 3.64. The molecule has 2 rings (SSSR count). The summed E-state index contributed by atoms with van der Waals surface area (Å²) in [4.78, 5) is 4.07. The molecule has 1 saturated heterocycles. The lowest BCUT2D eigenvalue weighted by atomic mass is 10.2. The number of β-amino-alcohol motifs (C(OH)–C–C–N with tert-alkyl or cyclic N) is 1. The van der Waals surface area contributed by atoms with Crippen LogP contribution in [0.25, 0.3) is 0 Å². The lowest BCUT2D eigenvalue weighted by Crippen LogP contribution is -2.21. The topological polar surface area (TPSA) is 35.9 Å². The average Bonchev–Trinajstić information content (AvgIpc) is 2.75. The molecule has 5 heteroatoms. The molecule has 1 aliphatic rings. The molecule has 118 valence electrons. The van der Waals surface area contributed by atoms with E-state index < -0.39 is 12.3 Å². The molecule has 0 spiro atoms. The molecule has 4 nitrogen and oxygen atoms in total. The molecule has 0 aromatic heterocycles. The molecule has 21 heavy (non-hydrogen) atoms. The lowest BCUT2D eigenvalue weighted by Gasteiger charge is -2.15. The summed E-state index contributed by atoms with van der Waals surface area (Å²) >= 11 is 0. The Hall–Kier alpha value is -1.17. The smallest absolute Gasteiger partial charge is 0.140 e. The molecule has 0 unspecified atom stereocenters. The summed E-state index contributed by atoms with van der Waals surface area (Å²) in [6.07, 6.45) is -0.966. The zero-order valence-corrected chi connectivity index (χ0v) is 12.8. The van der Waals surface area contributed by atoms with Crippen molar-refractivity contribution in [2.24, 2.45) is 0 Å². The molecular formula is C16H25FN2O2. The number of rotatable bonds is 7. The Kier molecular flexibility index (Phi) is 5.96. The number of aliphatic hydroxyl groups excluding tert-OH is 1. The number of hydrogen-bond donors (Lipinski definition) is 1. The maximum Gasteiger partial charge on any atom is 0.140 e. The van der Waals surface area contributed by atoms with Gasteiger partial charge in [-0.2, -0.15) is 0 Å². The van der Waals surface area contributed by atoms with Crippen LogP contribution in [0.15, 0.2) is 24.3 Å². The van der Waals surface area contributed by atoms with Crippen molar-refractivity contribution in [3.05, 3.63) is 29.8 Å². The van der Waals surface area contributed by atoms with Crippen molar-refractivity contribution in [2.45, 2.75) is 25.2 Å². The summed E-state index contributed by atoms with van der Waals surface area (Å²) in [6.45, 7) is 3.10. The highest BCUT2D eigenvalue weighted by Gasteiger charge is 2.30. The molecular weight excluding hydrogens is 271 g/mol. The van der Waals surface area contributed by atoms with Gasteiger partial charge in [0.05, 0.1) is 12.7 Å². The maximum absolute atomic E-state index is 13.2. The highest BCUT2D eigenvalue weighted by molar-refractivity contribution is 5.27. The van der Waals surface area contributed by atoms with Crippen molar-refractivity contribution >= 4 is 0 Å². The van der Waals surface area contributed by atoms with Crippen molar-refractivity contribution in [3.8, 4) is 5.75 Å². The Morgan fingerprint density at radius 3 is 2.57 bits per heavy atom. The first-order valence-corrected chi connectivity index (χ1v) is 7.45. The largest absolute Gasteiger partial charge is 0.494 e. The molecule has 1 aromatic rings. The van der Waals surface area contributed by atoms with Crippen LogP contribution in [0.3, 0.4) is 0 Å². The molecule has 1 fully saturated rings. The molecule has 0 amide bonds. The van der Waals surface area contributed by atoms with Crippen molar-refractivity contribution in [2.75, 3.05) is 40.3 Å². The molecule has 0 saturated carbocycles. The number of alkyl halides is 1. The van der Waals surface area contributed by atoms with Gasteiger partial charge in [0.1, 0.15) is 11.9 Å². The SMILES string of the molecule is CN(C)CCCOc1ccc(CN2C[C@@H](O)[C@H](F)C2)cc1. The van der Waals surface area contributed by atoms with Gasteiger partial charge < -0.3 is 14.7 Å². The van der Waals surface area contributed by atoms with Crippen LogP contribution in [0, 0.1) is 0 Å². The molecule has 0 radical (unpaired) electrons. The number of halogens is 1. The molecule has 0 bridgehead atoms. The Morgan fingerprint density at radius 2 is 2.00 bits per heavy atom. The van der Waals surface area contributed by atoms with Gasteiger partial charge in [-0.1, -0.05) is 12.1 Å². The highest BCUT2D eigenvalue weighted by atomic mass is 19.1. The molecule has 0 aliphatic carbocycles. The van der Waals surface area contributed by atoms with E-state index in [2.05, 4.69) is 4.90 Å². The second-order valence-corrected chi connectivity index (χ2v) is 5.93. The predicted octanol–water partition coefficient (Wildman–Crippen LogP) is 1.53. The van der Waals surface area contributed by atoms with Gasteiger partial charge >= 0.3 is 0 Å². The minimum atomic E-state index is -1.12. The Balaban J connectivity index is 1.74. The summed E-state index contributed by atoms with van der Waals surface area (Å²) in [7, 11) is 4.10. The summed E-state index contributed by atoms with van der Waals surface area (Å²) in [5.74, 6) is 0.863. The van der Waals surface area contributed by atoms with Crippen molar-refractivity contribution in [1.29, 1.82) is 0 Å². The number of hydrogen-bond acceptors (Lipinski definition) is 4. The van der Waals surface area contributed by atoms with Crippen LogP contribution in [-0.2, 0) is 6.54 Å². The van der Waals surface area contributed by atoms with E-state index in [1.165, 1.54) is 0 Å². The van der Waals surface area contributed by atoms with E-state index in [0.717, 1.165) is 24.3 Å². The first-order valence-electron chi connectivity index (χ1n) is 7.45. The molecule has 1 N–H and O–H groups in total. The zero-order chi connectivity index (χ0) is 15.2. The Morgan fingerprint density at radius 1 is 1.29 bits per heavy atom. The summed E-state index contributed by atoms with van der Waals surface area (Å²) < 4.78 is 18.9. The highest BCUT2D eigenvalue weighted by Crippen LogP contribution is 2.18. The maximum atomic E-state index is 13.2. The summed E-state index contributed by atoms with van der Waals surface area (Å²) in [6, 6.07) is 7.90. The van der Waals surface area contributed by atoms with Crippen molar-refractivity contribution in [3.63, 3.8) is 0 Å². The van der Waals surface area contributed by atoms with E-state index in [9.17, 15) is 9.50 Å². The number of benzene rings is 1. The van der Waals surface area contributed by atoms with E-state index in [-0.39, 0.29) is 0 Å². The molecule has 2 atom stereocenters. The average molecular weight is 296 g/mol. The van der Waals surface area contributed by atoms with Crippen LogP contribution < -0.4 is 4.74 Å². The monoisotopic (exact) mass is 296 g/mol. The zero-order valence-electron chi connectivity index (χ0n) is 12.8.